The van der Waals surface area contributed by atoms with Gasteiger partial charge in [0.25, 0.3) is 5.69 Å². The number of carbonyl (C=O) groups is 1. The third-order valence-corrected chi connectivity index (χ3v) is 3.19. The summed E-state index contributed by atoms with van der Waals surface area (Å²) >= 11 is 0. The quantitative estimate of drug-likeness (QED) is 0.375. The van der Waals surface area contributed by atoms with E-state index in [-0.39, 0.29) is 5.69 Å². The van der Waals surface area contributed by atoms with Crippen molar-refractivity contribution in [3.05, 3.63) is 87.5 Å². The number of cyclic esters (lactones) is 1. The van der Waals surface area contributed by atoms with E-state index in [4.69, 9.17) is 4.74 Å². The minimum absolute atomic E-state index is 0.0204. The predicted molar refractivity (Wildman–Crippen MR) is 81.6 cm³/mol. The molecular formula is C17H11NO4. The van der Waals surface area contributed by atoms with Crippen LogP contribution in [0, 0.1) is 10.1 Å². The Balaban J connectivity index is 1.94. The molecule has 0 fully saturated rings. The van der Waals surface area contributed by atoms with Crippen LogP contribution in [0.25, 0.3) is 11.8 Å². The zero-order valence-electron chi connectivity index (χ0n) is 11.4. The fraction of sp³-hybridized carbons (Fsp3) is 0. The van der Waals surface area contributed by atoms with Crippen molar-refractivity contribution in [1.82, 2.24) is 0 Å². The predicted octanol–water partition coefficient (Wildman–Crippen LogP) is 3.58. The lowest BCUT2D eigenvalue weighted by Gasteiger charge is -2.00. The van der Waals surface area contributed by atoms with Gasteiger partial charge in [-0.3, -0.25) is 10.1 Å². The van der Waals surface area contributed by atoms with Crippen molar-refractivity contribution in [3.63, 3.8) is 0 Å². The lowest BCUT2D eigenvalue weighted by atomic mass is 10.1. The van der Waals surface area contributed by atoms with Crippen LogP contribution in [0.3, 0.4) is 0 Å². The molecule has 0 N–H and O–H groups in total. The SMILES string of the molecule is O=C1OC(c2ccccc2)=C/C1=C/c1cccc([N+](=O)[O-])c1. The highest BCUT2D eigenvalue weighted by atomic mass is 16.6. The molecule has 1 heterocycles. The Bertz CT molecular complexity index is 806. The van der Waals surface area contributed by atoms with Crippen LogP contribution in [-0.2, 0) is 9.53 Å². The molecule has 0 bridgehead atoms. The van der Waals surface area contributed by atoms with Gasteiger partial charge in [0.15, 0.2) is 0 Å². The number of carbonyl (C=O) groups excluding carboxylic acids is 1. The topological polar surface area (TPSA) is 69.4 Å². The average molecular weight is 293 g/mol. The van der Waals surface area contributed by atoms with E-state index in [1.165, 1.54) is 12.1 Å². The van der Waals surface area contributed by atoms with Crippen LogP contribution >= 0.6 is 0 Å². The molecule has 0 aromatic heterocycles. The van der Waals surface area contributed by atoms with Gasteiger partial charge in [0, 0.05) is 17.7 Å². The summed E-state index contributed by atoms with van der Waals surface area (Å²) in [6.45, 7) is 0. The number of nitro groups is 1. The van der Waals surface area contributed by atoms with Crippen molar-refractivity contribution in [3.8, 4) is 0 Å². The van der Waals surface area contributed by atoms with Crippen LogP contribution in [0.4, 0.5) is 5.69 Å². The van der Waals surface area contributed by atoms with Gasteiger partial charge in [-0.15, -0.1) is 0 Å². The first-order valence-electron chi connectivity index (χ1n) is 6.59. The van der Waals surface area contributed by atoms with E-state index in [1.54, 1.807) is 24.3 Å². The van der Waals surface area contributed by atoms with Crippen LogP contribution in [0.2, 0.25) is 0 Å². The molecule has 3 rings (SSSR count). The van der Waals surface area contributed by atoms with Crippen LogP contribution in [0.5, 0.6) is 0 Å². The van der Waals surface area contributed by atoms with E-state index in [9.17, 15) is 14.9 Å². The van der Waals surface area contributed by atoms with Crippen molar-refractivity contribution >= 4 is 23.5 Å². The molecule has 1 aliphatic rings. The molecule has 5 heteroatoms. The monoisotopic (exact) mass is 293 g/mol. The molecule has 0 radical (unpaired) electrons. The molecule has 0 saturated heterocycles. The summed E-state index contributed by atoms with van der Waals surface area (Å²) in [6.07, 6.45) is 3.21. The minimum atomic E-state index is -0.472. The molecular weight excluding hydrogens is 282 g/mol. The summed E-state index contributed by atoms with van der Waals surface area (Å²) in [6, 6.07) is 15.4. The summed E-state index contributed by atoms with van der Waals surface area (Å²) in [5.74, 6) is 0.00707. The first kappa shape index (κ1) is 13.8. The molecule has 5 nitrogen and oxygen atoms in total. The van der Waals surface area contributed by atoms with Gasteiger partial charge in [0.05, 0.1) is 10.5 Å². The smallest absolute Gasteiger partial charge is 0.343 e. The Labute approximate surface area is 126 Å². The first-order valence-corrected chi connectivity index (χ1v) is 6.59. The molecule has 1 aliphatic heterocycles. The van der Waals surface area contributed by atoms with E-state index >= 15 is 0 Å². The third-order valence-electron chi connectivity index (χ3n) is 3.19. The summed E-state index contributed by atoms with van der Waals surface area (Å²) in [5, 5.41) is 10.8. The fourth-order valence-electron chi connectivity index (χ4n) is 2.14. The van der Waals surface area contributed by atoms with Crippen LogP contribution in [0.1, 0.15) is 11.1 Å². The molecule has 0 aliphatic carbocycles. The fourth-order valence-corrected chi connectivity index (χ4v) is 2.14. The lowest BCUT2D eigenvalue weighted by molar-refractivity contribution is -0.384. The average Bonchev–Trinajstić information content (AvgIpc) is 2.89. The van der Waals surface area contributed by atoms with E-state index < -0.39 is 10.9 Å². The number of non-ortho nitro benzene ring substituents is 1. The minimum Gasteiger partial charge on any atom is -0.422 e. The Morgan fingerprint density at radius 3 is 2.55 bits per heavy atom. The normalized spacial score (nSPS) is 15.5. The molecule has 0 atom stereocenters. The number of hydrogen-bond donors (Lipinski definition) is 0. The van der Waals surface area contributed by atoms with E-state index in [0.29, 0.717) is 16.9 Å². The Morgan fingerprint density at radius 1 is 1.05 bits per heavy atom. The van der Waals surface area contributed by atoms with Crippen LogP contribution < -0.4 is 0 Å². The standard InChI is InChI=1S/C17H11NO4/c19-17-14(9-12-5-4-8-15(10-12)18(20)21)11-16(22-17)13-6-2-1-3-7-13/h1-11H/b14-9-. The number of benzene rings is 2. The van der Waals surface area contributed by atoms with Gasteiger partial charge in [0.1, 0.15) is 5.76 Å². The zero-order valence-corrected chi connectivity index (χ0v) is 11.4. The van der Waals surface area contributed by atoms with Gasteiger partial charge in [-0.1, -0.05) is 42.5 Å². The number of rotatable bonds is 3. The van der Waals surface area contributed by atoms with Crippen molar-refractivity contribution in [1.29, 1.82) is 0 Å². The van der Waals surface area contributed by atoms with Crippen molar-refractivity contribution in [2.45, 2.75) is 0 Å². The van der Waals surface area contributed by atoms with E-state index in [2.05, 4.69) is 0 Å². The van der Waals surface area contributed by atoms with Gasteiger partial charge in [-0.25, -0.2) is 4.79 Å². The lowest BCUT2D eigenvalue weighted by Crippen LogP contribution is -1.97. The van der Waals surface area contributed by atoms with Gasteiger partial charge in [0.2, 0.25) is 0 Å². The molecule has 2 aromatic rings. The molecule has 0 amide bonds. The summed E-state index contributed by atoms with van der Waals surface area (Å²) < 4.78 is 5.23. The number of nitrogens with zero attached hydrogens (tertiary/aromatic N) is 1. The van der Waals surface area contributed by atoms with E-state index in [0.717, 1.165) is 5.56 Å². The maximum Gasteiger partial charge on any atom is 0.343 e. The highest BCUT2D eigenvalue weighted by Crippen LogP contribution is 2.27. The second kappa shape index (κ2) is 5.65. The molecule has 0 saturated carbocycles. The molecule has 22 heavy (non-hydrogen) atoms. The highest BCUT2D eigenvalue weighted by Gasteiger charge is 2.21. The van der Waals surface area contributed by atoms with Gasteiger partial charge in [-0.2, -0.15) is 0 Å². The maximum atomic E-state index is 11.9. The van der Waals surface area contributed by atoms with Crippen molar-refractivity contribution < 1.29 is 14.5 Å². The Hall–Kier alpha value is -3.21. The number of hydrogen-bond acceptors (Lipinski definition) is 4. The van der Waals surface area contributed by atoms with E-state index in [1.807, 2.05) is 30.3 Å². The molecule has 108 valence electrons. The maximum absolute atomic E-state index is 11.9. The molecule has 0 unspecified atom stereocenters. The highest BCUT2D eigenvalue weighted by molar-refractivity contribution is 6.05. The zero-order chi connectivity index (χ0) is 15.5. The number of esters is 1. The van der Waals surface area contributed by atoms with Gasteiger partial charge < -0.3 is 4.74 Å². The van der Waals surface area contributed by atoms with Crippen molar-refractivity contribution in [2.75, 3.05) is 0 Å². The van der Waals surface area contributed by atoms with Gasteiger partial charge in [-0.05, 0) is 17.7 Å². The Morgan fingerprint density at radius 2 is 1.82 bits per heavy atom. The second-order valence-electron chi connectivity index (χ2n) is 4.72. The number of ether oxygens (including phenoxy) is 1. The summed E-state index contributed by atoms with van der Waals surface area (Å²) in [7, 11) is 0. The second-order valence-corrected chi connectivity index (χ2v) is 4.72. The van der Waals surface area contributed by atoms with Crippen LogP contribution in [-0.4, -0.2) is 10.9 Å². The molecule has 0 spiro atoms. The largest absolute Gasteiger partial charge is 0.422 e. The summed E-state index contributed by atoms with van der Waals surface area (Å²) in [4.78, 5) is 22.2. The first-order chi connectivity index (χ1) is 10.6. The van der Waals surface area contributed by atoms with Gasteiger partial charge >= 0.3 is 5.97 Å². The number of nitro benzene ring substituents is 1. The third kappa shape index (κ3) is 2.78. The Kier molecular flexibility index (Phi) is 3.53. The summed E-state index contributed by atoms with van der Waals surface area (Å²) in [5.41, 5.74) is 1.72. The molecule has 2 aromatic carbocycles. The van der Waals surface area contributed by atoms with Crippen molar-refractivity contribution in [2.24, 2.45) is 0 Å². The van der Waals surface area contributed by atoms with Crippen LogP contribution in [0.15, 0.2) is 66.2 Å².